The van der Waals surface area contributed by atoms with Gasteiger partial charge in [0.25, 0.3) is 0 Å². The van der Waals surface area contributed by atoms with E-state index in [4.69, 9.17) is 0 Å². The first-order chi connectivity index (χ1) is 8.28. The molecular formula is C15H24N2. The highest BCUT2D eigenvalue weighted by Crippen LogP contribution is 2.10. The molecule has 1 unspecified atom stereocenters. The summed E-state index contributed by atoms with van der Waals surface area (Å²) in [5.41, 5.74) is 2.82. The molecule has 1 aromatic rings. The maximum atomic E-state index is 3.66. The number of rotatable bonds is 4. The van der Waals surface area contributed by atoms with E-state index in [1.807, 2.05) is 0 Å². The molecule has 1 aliphatic rings. The maximum absolute atomic E-state index is 3.66. The van der Waals surface area contributed by atoms with Crippen LogP contribution in [0, 0.1) is 0 Å². The van der Waals surface area contributed by atoms with Gasteiger partial charge < -0.3 is 10.2 Å². The Bertz CT molecular complexity index is 331. The Morgan fingerprint density at radius 3 is 2.59 bits per heavy atom. The van der Waals surface area contributed by atoms with Crippen molar-refractivity contribution in [3.8, 4) is 0 Å². The zero-order chi connectivity index (χ0) is 12.1. The van der Waals surface area contributed by atoms with Crippen molar-refractivity contribution in [2.75, 3.05) is 20.1 Å². The van der Waals surface area contributed by atoms with Crippen LogP contribution < -0.4 is 5.32 Å². The van der Waals surface area contributed by atoms with Crippen LogP contribution in [0.1, 0.15) is 30.9 Å². The van der Waals surface area contributed by atoms with Crippen LogP contribution in [-0.2, 0) is 13.0 Å². The summed E-state index contributed by atoms with van der Waals surface area (Å²) in [6.07, 6.45) is 3.77. The third-order valence-electron chi connectivity index (χ3n) is 3.65. The fourth-order valence-electron chi connectivity index (χ4n) is 2.49. The first-order valence-corrected chi connectivity index (χ1v) is 6.77. The van der Waals surface area contributed by atoms with Crippen LogP contribution in [0.4, 0.5) is 0 Å². The van der Waals surface area contributed by atoms with Crippen LogP contribution in [0.15, 0.2) is 24.3 Å². The molecule has 1 N–H and O–H groups in total. The largest absolute Gasteiger partial charge is 0.309 e. The number of aryl methyl sites for hydroxylation is 1. The predicted molar refractivity (Wildman–Crippen MR) is 73.2 cm³/mol. The van der Waals surface area contributed by atoms with Crippen molar-refractivity contribution in [2.24, 2.45) is 0 Å². The van der Waals surface area contributed by atoms with E-state index in [9.17, 15) is 0 Å². The van der Waals surface area contributed by atoms with Crippen LogP contribution >= 0.6 is 0 Å². The van der Waals surface area contributed by atoms with Crippen molar-refractivity contribution in [1.82, 2.24) is 10.2 Å². The fraction of sp³-hybridized carbons (Fsp3) is 0.600. The summed E-state index contributed by atoms with van der Waals surface area (Å²) < 4.78 is 0. The standard InChI is InChI=1S/C15H24N2/c1-3-13-6-8-14(9-7-13)11-16-15-5-4-10-17(2)12-15/h6-9,15-16H,3-5,10-12H2,1-2H3. The van der Waals surface area contributed by atoms with Gasteiger partial charge in [-0.15, -0.1) is 0 Å². The molecule has 94 valence electrons. The van der Waals surface area contributed by atoms with Crippen LogP contribution in [0.3, 0.4) is 0 Å². The molecule has 1 fully saturated rings. The lowest BCUT2D eigenvalue weighted by Gasteiger charge is -2.30. The predicted octanol–water partition coefficient (Wildman–Crippen LogP) is 2.43. The first-order valence-electron chi connectivity index (χ1n) is 6.77. The molecule has 1 heterocycles. The molecule has 1 atom stereocenters. The minimum absolute atomic E-state index is 0.666. The lowest BCUT2D eigenvalue weighted by Crippen LogP contribution is -2.43. The van der Waals surface area contributed by atoms with Crippen molar-refractivity contribution in [2.45, 2.75) is 38.8 Å². The van der Waals surface area contributed by atoms with E-state index >= 15 is 0 Å². The molecule has 0 saturated carbocycles. The molecule has 17 heavy (non-hydrogen) atoms. The number of nitrogens with zero attached hydrogens (tertiary/aromatic N) is 1. The third-order valence-corrected chi connectivity index (χ3v) is 3.65. The summed E-state index contributed by atoms with van der Waals surface area (Å²) in [6.45, 7) is 5.64. The van der Waals surface area contributed by atoms with Gasteiger partial charge in [0.2, 0.25) is 0 Å². The highest BCUT2D eigenvalue weighted by atomic mass is 15.1. The molecule has 0 radical (unpaired) electrons. The summed E-state index contributed by atoms with van der Waals surface area (Å²) in [6, 6.07) is 9.64. The van der Waals surface area contributed by atoms with Crippen LogP contribution in [0.25, 0.3) is 0 Å². The van der Waals surface area contributed by atoms with E-state index in [0.29, 0.717) is 6.04 Å². The zero-order valence-electron chi connectivity index (χ0n) is 11.1. The lowest BCUT2D eigenvalue weighted by atomic mass is 10.1. The molecule has 1 aliphatic heterocycles. The van der Waals surface area contributed by atoms with E-state index in [1.54, 1.807) is 0 Å². The number of likely N-dealkylation sites (N-methyl/N-ethyl adjacent to an activating group) is 1. The van der Waals surface area contributed by atoms with Gasteiger partial charge in [0, 0.05) is 19.1 Å². The van der Waals surface area contributed by atoms with Crippen molar-refractivity contribution in [3.05, 3.63) is 35.4 Å². The Kier molecular flexibility index (Phi) is 4.57. The fourth-order valence-corrected chi connectivity index (χ4v) is 2.49. The van der Waals surface area contributed by atoms with Crippen molar-refractivity contribution in [3.63, 3.8) is 0 Å². The topological polar surface area (TPSA) is 15.3 Å². The van der Waals surface area contributed by atoms with E-state index in [0.717, 1.165) is 13.0 Å². The monoisotopic (exact) mass is 232 g/mol. The van der Waals surface area contributed by atoms with Gasteiger partial charge in [-0.05, 0) is 44.0 Å². The minimum Gasteiger partial charge on any atom is -0.309 e. The van der Waals surface area contributed by atoms with E-state index in [1.165, 1.54) is 37.1 Å². The smallest absolute Gasteiger partial charge is 0.0208 e. The number of hydrogen-bond donors (Lipinski definition) is 1. The first kappa shape index (κ1) is 12.6. The Labute approximate surface area is 105 Å². The second kappa shape index (κ2) is 6.18. The summed E-state index contributed by atoms with van der Waals surface area (Å²) in [5.74, 6) is 0. The Morgan fingerprint density at radius 1 is 1.24 bits per heavy atom. The molecule has 2 nitrogen and oxygen atoms in total. The maximum Gasteiger partial charge on any atom is 0.0208 e. The summed E-state index contributed by atoms with van der Waals surface area (Å²) >= 11 is 0. The summed E-state index contributed by atoms with van der Waals surface area (Å²) in [5, 5.41) is 3.66. The van der Waals surface area contributed by atoms with Gasteiger partial charge in [-0.3, -0.25) is 0 Å². The van der Waals surface area contributed by atoms with Crippen molar-refractivity contribution in [1.29, 1.82) is 0 Å². The SMILES string of the molecule is CCc1ccc(CNC2CCCN(C)C2)cc1. The number of piperidine rings is 1. The minimum atomic E-state index is 0.666. The highest BCUT2D eigenvalue weighted by Gasteiger charge is 2.15. The molecule has 0 amide bonds. The number of nitrogens with one attached hydrogen (secondary N) is 1. The molecule has 0 aromatic heterocycles. The second-order valence-electron chi connectivity index (χ2n) is 5.15. The third kappa shape index (κ3) is 3.83. The average Bonchev–Trinajstić information content (AvgIpc) is 2.37. The van der Waals surface area contributed by atoms with Gasteiger partial charge in [0.05, 0.1) is 0 Å². The lowest BCUT2D eigenvalue weighted by molar-refractivity contribution is 0.226. The Balaban J connectivity index is 1.80. The second-order valence-corrected chi connectivity index (χ2v) is 5.15. The molecule has 0 bridgehead atoms. The number of hydrogen-bond acceptors (Lipinski definition) is 2. The zero-order valence-corrected chi connectivity index (χ0v) is 11.1. The van der Waals surface area contributed by atoms with Crippen LogP contribution in [0.5, 0.6) is 0 Å². The van der Waals surface area contributed by atoms with Crippen molar-refractivity contribution >= 4 is 0 Å². The van der Waals surface area contributed by atoms with Crippen molar-refractivity contribution < 1.29 is 0 Å². The molecule has 0 aliphatic carbocycles. The molecule has 1 saturated heterocycles. The van der Waals surface area contributed by atoms with Gasteiger partial charge in [-0.25, -0.2) is 0 Å². The van der Waals surface area contributed by atoms with Gasteiger partial charge in [0.1, 0.15) is 0 Å². The van der Waals surface area contributed by atoms with Crippen LogP contribution in [0.2, 0.25) is 0 Å². The highest BCUT2D eigenvalue weighted by molar-refractivity contribution is 5.22. The van der Waals surface area contributed by atoms with E-state index in [2.05, 4.69) is 48.5 Å². The number of likely N-dealkylation sites (tertiary alicyclic amines) is 1. The van der Waals surface area contributed by atoms with Gasteiger partial charge in [0.15, 0.2) is 0 Å². The van der Waals surface area contributed by atoms with Gasteiger partial charge in [-0.2, -0.15) is 0 Å². The van der Waals surface area contributed by atoms with Crippen LogP contribution in [-0.4, -0.2) is 31.1 Å². The molecule has 1 aromatic carbocycles. The molecule has 0 spiro atoms. The van der Waals surface area contributed by atoms with E-state index in [-0.39, 0.29) is 0 Å². The quantitative estimate of drug-likeness (QED) is 0.857. The summed E-state index contributed by atoms with van der Waals surface area (Å²) in [7, 11) is 2.21. The molecule has 2 rings (SSSR count). The average molecular weight is 232 g/mol. The Morgan fingerprint density at radius 2 is 1.94 bits per heavy atom. The summed E-state index contributed by atoms with van der Waals surface area (Å²) in [4.78, 5) is 2.42. The normalized spacial score (nSPS) is 21.6. The van der Waals surface area contributed by atoms with Gasteiger partial charge >= 0.3 is 0 Å². The number of benzene rings is 1. The Hall–Kier alpha value is -0.860. The van der Waals surface area contributed by atoms with Gasteiger partial charge in [-0.1, -0.05) is 31.2 Å². The molecular weight excluding hydrogens is 208 g/mol. The van der Waals surface area contributed by atoms with E-state index < -0.39 is 0 Å². The molecule has 2 heteroatoms.